The Bertz CT molecular complexity index is 575. The van der Waals surface area contributed by atoms with Crippen molar-refractivity contribution in [1.82, 2.24) is 4.31 Å². The van der Waals surface area contributed by atoms with Crippen LogP contribution in [-0.4, -0.2) is 44.5 Å². The molecular weight excluding hydrogens is 296 g/mol. The summed E-state index contributed by atoms with van der Waals surface area (Å²) in [5.41, 5.74) is 0.132. The molecule has 0 aromatic heterocycles. The third-order valence-corrected chi connectivity index (χ3v) is 3.83. The molecule has 1 aromatic carbocycles. The molecule has 19 heavy (non-hydrogen) atoms. The molecule has 0 spiro atoms. The van der Waals surface area contributed by atoms with Crippen LogP contribution in [0.2, 0.25) is 5.02 Å². The maximum atomic E-state index is 11.9. The number of aliphatic carboxylic acids is 1. The lowest BCUT2D eigenvalue weighted by atomic mass is 10.3. The molecule has 9 heteroatoms. The number of carboxylic acid groups (broad SMARTS) is 1. The minimum absolute atomic E-state index is 0.132. The highest BCUT2D eigenvalue weighted by Crippen LogP contribution is 2.28. The van der Waals surface area contributed by atoms with E-state index < -0.39 is 22.7 Å². The van der Waals surface area contributed by atoms with Gasteiger partial charge in [0.25, 0.3) is 0 Å². The molecule has 0 aliphatic carbocycles. The number of nitrogens with zero attached hydrogens (tertiary/aromatic N) is 1. The number of anilines is 1. The first-order chi connectivity index (χ1) is 8.76. The van der Waals surface area contributed by atoms with Gasteiger partial charge in [0.1, 0.15) is 12.3 Å². The van der Waals surface area contributed by atoms with E-state index in [2.05, 4.69) is 4.72 Å². The van der Waals surface area contributed by atoms with Crippen molar-refractivity contribution in [2.24, 2.45) is 0 Å². The number of halogens is 1. The van der Waals surface area contributed by atoms with Crippen molar-refractivity contribution < 1.29 is 23.1 Å². The van der Waals surface area contributed by atoms with E-state index in [-0.39, 0.29) is 11.4 Å². The second kappa shape index (κ2) is 6.09. The molecule has 0 heterocycles. The van der Waals surface area contributed by atoms with Crippen LogP contribution in [-0.2, 0) is 15.0 Å². The topological polar surface area (TPSA) is 95.9 Å². The van der Waals surface area contributed by atoms with E-state index in [1.807, 2.05) is 0 Å². The highest BCUT2D eigenvalue weighted by Gasteiger charge is 2.21. The SMILES string of the molecule is COc1ccc(Cl)cc1NS(=O)(=O)N(C)CC(=O)O. The van der Waals surface area contributed by atoms with E-state index in [4.69, 9.17) is 21.4 Å². The molecule has 106 valence electrons. The maximum absolute atomic E-state index is 11.9. The van der Waals surface area contributed by atoms with Gasteiger partial charge in [0.15, 0.2) is 0 Å². The predicted molar refractivity (Wildman–Crippen MR) is 70.8 cm³/mol. The van der Waals surface area contributed by atoms with Crippen molar-refractivity contribution in [3.05, 3.63) is 23.2 Å². The van der Waals surface area contributed by atoms with Crippen LogP contribution in [0.1, 0.15) is 0 Å². The van der Waals surface area contributed by atoms with Crippen molar-refractivity contribution in [3.8, 4) is 5.75 Å². The third kappa shape index (κ3) is 4.27. The van der Waals surface area contributed by atoms with Gasteiger partial charge in [0.05, 0.1) is 12.8 Å². The average molecular weight is 309 g/mol. The van der Waals surface area contributed by atoms with Crippen LogP contribution in [0.3, 0.4) is 0 Å². The van der Waals surface area contributed by atoms with Gasteiger partial charge < -0.3 is 9.84 Å². The maximum Gasteiger partial charge on any atom is 0.318 e. The largest absolute Gasteiger partial charge is 0.495 e. The summed E-state index contributed by atoms with van der Waals surface area (Å²) in [7, 11) is -1.47. The lowest BCUT2D eigenvalue weighted by Crippen LogP contribution is -2.36. The van der Waals surface area contributed by atoms with Crippen LogP contribution >= 0.6 is 11.6 Å². The smallest absolute Gasteiger partial charge is 0.318 e. The van der Waals surface area contributed by atoms with Gasteiger partial charge in [-0.2, -0.15) is 12.7 Å². The van der Waals surface area contributed by atoms with Gasteiger partial charge in [-0.1, -0.05) is 11.6 Å². The van der Waals surface area contributed by atoms with Crippen LogP contribution in [0.5, 0.6) is 5.75 Å². The fraction of sp³-hybridized carbons (Fsp3) is 0.300. The Labute approximate surface area is 115 Å². The zero-order chi connectivity index (χ0) is 14.6. The first-order valence-electron chi connectivity index (χ1n) is 5.05. The molecule has 2 N–H and O–H groups in total. The van der Waals surface area contributed by atoms with Crippen LogP contribution in [0, 0.1) is 0 Å². The Morgan fingerprint density at radius 1 is 1.53 bits per heavy atom. The zero-order valence-corrected chi connectivity index (χ0v) is 11.8. The predicted octanol–water partition coefficient (Wildman–Crippen LogP) is 1.02. The Morgan fingerprint density at radius 2 is 2.16 bits per heavy atom. The molecule has 0 fully saturated rings. The van der Waals surface area contributed by atoms with E-state index in [1.54, 1.807) is 6.07 Å². The molecule has 0 radical (unpaired) electrons. The molecule has 0 atom stereocenters. The van der Waals surface area contributed by atoms with Crippen LogP contribution < -0.4 is 9.46 Å². The quantitative estimate of drug-likeness (QED) is 0.818. The highest BCUT2D eigenvalue weighted by molar-refractivity contribution is 7.90. The Hall–Kier alpha value is -1.51. The standard InChI is InChI=1S/C10H13ClN2O5S/c1-13(6-10(14)15)19(16,17)12-8-5-7(11)3-4-9(8)18-2/h3-5,12H,6H2,1-2H3,(H,14,15). The molecule has 0 unspecified atom stereocenters. The van der Waals surface area contributed by atoms with Gasteiger partial charge in [-0.3, -0.25) is 9.52 Å². The summed E-state index contributed by atoms with van der Waals surface area (Å²) in [4.78, 5) is 10.5. The molecule has 0 bridgehead atoms. The fourth-order valence-corrected chi connectivity index (χ4v) is 2.30. The number of benzene rings is 1. The fourth-order valence-electron chi connectivity index (χ4n) is 1.25. The van der Waals surface area contributed by atoms with Crippen LogP contribution in [0.4, 0.5) is 5.69 Å². The number of carboxylic acids is 1. The Balaban J connectivity index is 3.01. The average Bonchev–Trinajstić information content (AvgIpc) is 2.27. The number of likely N-dealkylation sites (N-methyl/N-ethyl adjacent to an activating group) is 1. The lowest BCUT2D eigenvalue weighted by Gasteiger charge is -2.17. The summed E-state index contributed by atoms with van der Waals surface area (Å²) in [5, 5.41) is 8.90. The first-order valence-corrected chi connectivity index (χ1v) is 6.87. The molecule has 0 saturated carbocycles. The normalized spacial score (nSPS) is 11.4. The van der Waals surface area contributed by atoms with Crippen molar-refractivity contribution in [3.63, 3.8) is 0 Å². The van der Waals surface area contributed by atoms with Gasteiger partial charge in [0, 0.05) is 12.1 Å². The minimum atomic E-state index is -3.99. The van der Waals surface area contributed by atoms with E-state index in [0.717, 1.165) is 7.05 Å². The molecule has 1 rings (SSSR count). The van der Waals surface area contributed by atoms with E-state index in [9.17, 15) is 13.2 Å². The van der Waals surface area contributed by atoms with Crippen LogP contribution in [0.25, 0.3) is 0 Å². The summed E-state index contributed by atoms with van der Waals surface area (Å²) in [5.74, 6) is -0.984. The summed E-state index contributed by atoms with van der Waals surface area (Å²) in [6, 6.07) is 4.41. The number of rotatable bonds is 6. The summed E-state index contributed by atoms with van der Waals surface area (Å²) in [6.07, 6.45) is 0. The number of carbonyl (C=O) groups is 1. The number of hydrogen-bond acceptors (Lipinski definition) is 4. The lowest BCUT2D eigenvalue weighted by molar-refractivity contribution is -0.137. The molecule has 0 aliphatic heterocycles. The number of ether oxygens (including phenoxy) is 1. The van der Waals surface area contributed by atoms with Gasteiger partial charge in [-0.15, -0.1) is 0 Å². The van der Waals surface area contributed by atoms with E-state index in [0.29, 0.717) is 9.33 Å². The second-order valence-electron chi connectivity index (χ2n) is 3.60. The highest BCUT2D eigenvalue weighted by atomic mass is 35.5. The third-order valence-electron chi connectivity index (χ3n) is 2.17. The second-order valence-corrected chi connectivity index (χ2v) is 5.82. The van der Waals surface area contributed by atoms with E-state index in [1.165, 1.54) is 19.2 Å². The Morgan fingerprint density at radius 3 is 2.68 bits per heavy atom. The van der Waals surface area contributed by atoms with Gasteiger partial charge >= 0.3 is 16.2 Å². The molecule has 0 amide bonds. The van der Waals surface area contributed by atoms with Crippen molar-refractivity contribution >= 4 is 33.5 Å². The molecule has 0 aliphatic rings. The van der Waals surface area contributed by atoms with Crippen molar-refractivity contribution in [1.29, 1.82) is 0 Å². The number of hydrogen-bond donors (Lipinski definition) is 2. The van der Waals surface area contributed by atoms with Crippen molar-refractivity contribution in [2.75, 3.05) is 25.4 Å². The van der Waals surface area contributed by atoms with Crippen molar-refractivity contribution in [2.45, 2.75) is 0 Å². The van der Waals surface area contributed by atoms with Gasteiger partial charge in [-0.05, 0) is 18.2 Å². The molecule has 0 saturated heterocycles. The minimum Gasteiger partial charge on any atom is -0.495 e. The van der Waals surface area contributed by atoms with Crippen LogP contribution in [0.15, 0.2) is 18.2 Å². The van der Waals surface area contributed by atoms with Gasteiger partial charge in [0.2, 0.25) is 0 Å². The monoisotopic (exact) mass is 308 g/mol. The molecular formula is C10H13ClN2O5S. The van der Waals surface area contributed by atoms with E-state index >= 15 is 0 Å². The van der Waals surface area contributed by atoms with Gasteiger partial charge in [-0.25, -0.2) is 0 Å². The first kappa shape index (κ1) is 15.5. The number of nitrogens with one attached hydrogen (secondary N) is 1. The summed E-state index contributed by atoms with van der Waals surface area (Å²) >= 11 is 5.77. The number of methoxy groups -OCH3 is 1. The zero-order valence-electron chi connectivity index (χ0n) is 10.3. The molecule has 1 aromatic rings. The summed E-state index contributed by atoms with van der Waals surface area (Å²) < 4.78 is 31.6. The summed E-state index contributed by atoms with van der Waals surface area (Å²) in [6.45, 7) is -0.655. The Kier molecular flexibility index (Phi) is 4.98. The molecule has 7 nitrogen and oxygen atoms in total.